The number of benzene rings is 1. The molecule has 0 fully saturated rings. The maximum Gasteiger partial charge on any atom is 0.0719 e. The minimum atomic E-state index is 0.702. The van der Waals surface area contributed by atoms with Gasteiger partial charge in [-0.2, -0.15) is 0 Å². The number of hydrogen-bond donors (Lipinski definition) is 1. The van der Waals surface area contributed by atoms with E-state index in [-0.39, 0.29) is 0 Å². The third-order valence-electron chi connectivity index (χ3n) is 2.74. The van der Waals surface area contributed by atoms with Gasteiger partial charge in [0, 0.05) is 26.4 Å². The molecule has 1 rings (SSSR count). The maximum atomic E-state index is 5.47. The minimum Gasteiger partial charge on any atom is -0.382 e. The summed E-state index contributed by atoms with van der Waals surface area (Å²) in [4.78, 5) is 0. The average molecular weight is 251 g/mol. The first kappa shape index (κ1) is 15.2. The van der Waals surface area contributed by atoms with Gasteiger partial charge in [-0.3, -0.25) is 0 Å². The summed E-state index contributed by atoms with van der Waals surface area (Å²) in [5, 5.41) is 3.44. The van der Waals surface area contributed by atoms with Crippen LogP contribution in [0.5, 0.6) is 0 Å². The highest BCUT2D eigenvalue weighted by atomic mass is 16.5. The molecule has 0 radical (unpaired) electrons. The van der Waals surface area contributed by atoms with Crippen LogP contribution in [0.3, 0.4) is 0 Å². The van der Waals surface area contributed by atoms with Gasteiger partial charge in [0.25, 0.3) is 0 Å². The third kappa shape index (κ3) is 6.15. The fraction of sp³-hybridized carbons (Fsp3) is 0.600. The Morgan fingerprint density at radius 1 is 1.00 bits per heavy atom. The van der Waals surface area contributed by atoms with E-state index in [1.165, 1.54) is 11.1 Å². The molecule has 0 aromatic heterocycles. The van der Waals surface area contributed by atoms with Gasteiger partial charge in [0.15, 0.2) is 0 Å². The Bertz CT molecular complexity index is 315. The molecule has 0 saturated carbocycles. The van der Waals surface area contributed by atoms with Crippen molar-refractivity contribution in [1.82, 2.24) is 5.32 Å². The SMILES string of the molecule is CCOCCCNCc1ccccc1COCC. The van der Waals surface area contributed by atoms with Gasteiger partial charge in [0.1, 0.15) is 0 Å². The smallest absolute Gasteiger partial charge is 0.0719 e. The van der Waals surface area contributed by atoms with Crippen LogP contribution < -0.4 is 5.32 Å². The van der Waals surface area contributed by atoms with Gasteiger partial charge < -0.3 is 14.8 Å². The molecule has 0 aliphatic heterocycles. The molecular weight excluding hydrogens is 226 g/mol. The Kier molecular flexibility index (Phi) is 8.47. The van der Waals surface area contributed by atoms with Gasteiger partial charge in [0.2, 0.25) is 0 Å². The van der Waals surface area contributed by atoms with E-state index in [1.54, 1.807) is 0 Å². The predicted octanol–water partition coefficient (Wildman–Crippen LogP) is 2.74. The topological polar surface area (TPSA) is 30.5 Å². The molecule has 0 aliphatic rings. The molecule has 0 spiro atoms. The van der Waals surface area contributed by atoms with E-state index in [0.717, 1.165) is 39.3 Å². The molecule has 1 N–H and O–H groups in total. The molecule has 0 amide bonds. The Morgan fingerprint density at radius 2 is 1.72 bits per heavy atom. The number of rotatable bonds is 10. The summed E-state index contributed by atoms with van der Waals surface area (Å²) < 4.78 is 10.8. The lowest BCUT2D eigenvalue weighted by Crippen LogP contribution is -2.17. The van der Waals surface area contributed by atoms with Crippen molar-refractivity contribution in [3.05, 3.63) is 35.4 Å². The summed E-state index contributed by atoms with van der Waals surface area (Å²) in [5.41, 5.74) is 2.60. The number of ether oxygens (including phenoxy) is 2. The lowest BCUT2D eigenvalue weighted by molar-refractivity contribution is 0.133. The van der Waals surface area contributed by atoms with E-state index in [1.807, 2.05) is 13.8 Å². The maximum absolute atomic E-state index is 5.47. The van der Waals surface area contributed by atoms with Gasteiger partial charge in [-0.1, -0.05) is 24.3 Å². The largest absolute Gasteiger partial charge is 0.382 e. The second kappa shape index (κ2) is 10.1. The molecule has 1 aromatic rings. The highest BCUT2D eigenvalue weighted by molar-refractivity contribution is 5.26. The lowest BCUT2D eigenvalue weighted by atomic mass is 10.1. The van der Waals surface area contributed by atoms with Crippen molar-refractivity contribution >= 4 is 0 Å². The van der Waals surface area contributed by atoms with Crippen molar-refractivity contribution in [3.63, 3.8) is 0 Å². The third-order valence-corrected chi connectivity index (χ3v) is 2.74. The number of hydrogen-bond acceptors (Lipinski definition) is 3. The Hall–Kier alpha value is -0.900. The first-order chi connectivity index (χ1) is 8.88. The van der Waals surface area contributed by atoms with Crippen LogP contribution in [0.15, 0.2) is 24.3 Å². The highest BCUT2D eigenvalue weighted by Crippen LogP contribution is 2.09. The standard InChI is InChI=1S/C15H25NO2/c1-3-17-11-7-10-16-12-14-8-5-6-9-15(14)13-18-4-2/h5-6,8-9,16H,3-4,7,10-13H2,1-2H3. The van der Waals surface area contributed by atoms with Crippen LogP contribution >= 0.6 is 0 Å². The second-order valence-corrected chi connectivity index (χ2v) is 4.13. The van der Waals surface area contributed by atoms with Crippen molar-refractivity contribution < 1.29 is 9.47 Å². The summed E-state index contributed by atoms with van der Waals surface area (Å²) in [7, 11) is 0. The predicted molar refractivity (Wildman–Crippen MR) is 74.6 cm³/mol. The van der Waals surface area contributed by atoms with Gasteiger partial charge >= 0.3 is 0 Å². The van der Waals surface area contributed by atoms with Crippen molar-refractivity contribution in [2.75, 3.05) is 26.4 Å². The van der Waals surface area contributed by atoms with Crippen LogP contribution in [-0.4, -0.2) is 26.4 Å². The quantitative estimate of drug-likeness (QED) is 0.649. The van der Waals surface area contributed by atoms with Crippen molar-refractivity contribution in [2.24, 2.45) is 0 Å². The first-order valence-corrected chi connectivity index (χ1v) is 6.81. The fourth-order valence-electron chi connectivity index (χ4n) is 1.75. The zero-order valence-corrected chi connectivity index (χ0v) is 11.6. The zero-order chi connectivity index (χ0) is 13.1. The van der Waals surface area contributed by atoms with Gasteiger partial charge in [-0.15, -0.1) is 0 Å². The van der Waals surface area contributed by atoms with Crippen molar-refractivity contribution in [2.45, 2.75) is 33.4 Å². The molecule has 0 saturated heterocycles. The Balaban J connectivity index is 2.27. The van der Waals surface area contributed by atoms with E-state index in [0.29, 0.717) is 6.61 Å². The van der Waals surface area contributed by atoms with Gasteiger partial charge in [-0.05, 0) is 37.9 Å². The molecule has 3 nitrogen and oxygen atoms in total. The van der Waals surface area contributed by atoms with Gasteiger partial charge in [0.05, 0.1) is 6.61 Å². The molecule has 102 valence electrons. The van der Waals surface area contributed by atoms with Crippen LogP contribution in [0.2, 0.25) is 0 Å². The van der Waals surface area contributed by atoms with Crippen LogP contribution in [0.25, 0.3) is 0 Å². The molecule has 0 aliphatic carbocycles. The summed E-state index contributed by atoms with van der Waals surface area (Å²) in [5.74, 6) is 0. The molecule has 1 aromatic carbocycles. The van der Waals surface area contributed by atoms with Crippen LogP contribution in [0.4, 0.5) is 0 Å². The van der Waals surface area contributed by atoms with Crippen molar-refractivity contribution in [3.8, 4) is 0 Å². The summed E-state index contributed by atoms with van der Waals surface area (Å²) in [6.45, 7) is 9.04. The molecule has 0 heterocycles. The molecule has 3 heteroatoms. The molecule has 0 unspecified atom stereocenters. The van der Waals surface area contributed by atoms with Crippen LogP contribution in [-0.2, 0) is 22.6 Å². The normalized spacial score (nSPS) is 10.8. The second-order valence-electron chi connectivity index (χ2n) is 4.13. The monoisotopic (exact) mass is 251 g/mol. The average Bonchev–Trinajstić information content (AvgIpc) is 2.41. The zero-order valence-electron chi connectivity index (χ0n) is 11.6. The van der Waals surface area contributed by atoms with E-state index in [2.05, 4.69) is 29.6 Å². The van der Waals surface area contributed by atoms with E-state index in [4.69, 9.17) is 9.47 Å². The van der Waals surface area contributed by atoms with E-state index in [9.17, 15) is 0 Å². The van der Waals surface area contributed by atoms with Gasteiger partial charge in [-0.25, -0.2) is 0 Å². The summed E-state index contributed by atoms with van der Waals surface area (Å²) >= 11 is 0. The molecule has 18 heavy (non-hydrogen) atoms. The fourth-order valence-corrected chi connectivity index (χ4v) is 1.75. The van der Waals surface area contributed by atoms with Crippen LogP contribution in [0.1, 0.15) is 31.4 Å². The molecule has 0 atom stereocenters. The lowest BCUT2D eigenvalue weighted by Gasteiger charge is -2.10. The van der Waals surface area contributed by atoms with E-state index < -0.39 is 0 Å². The Labute approximate surface area is 110 Å². The van der Waals surface area contributed by atoms with Crippen LogP contribution in [0, 0.1) is 0 Å². The van der Waals surface area contributed by atoms with Crippen molar-refractivity contribution in [1.29, 1.82) is 0 Å². The Morgan fingerprint density at radius 3 is 2.44 bits per heavy atom. The highest BCUT2D eigenvalue weighted by Gasteiger charge is 2.00. The molecular formula is C15H25NO2. The van der Waals surface area contributed by atoms with E-state index >= 15 is 0 Å². The molecule has 0 bridgehead atoms. The number of nitrogens with one attached hydrogen (secondary N) is 1. The summed E-state index contributed by atoms with van der Waals surface area (Å²) in [6, 6.07) is 8.43. The minimum absolute atomic E-state index is 0.702. The first-order valence-electron chi connectivity index (χ1n) is 6.81. The summed E-state index contributed by atoms with van der Waals surface area (Å²) in [6.07, 6.45) is 1.06.